The van der Waals surface area contributed by atoms with Crippen LogP contribution in [0.3, 0.4) is 0 Å². The molecule has 94 valence electrons. The van der Waals surface area contributed by atoms with Gasteiger partial charge in [-0.05, 0) is 34.5 Å². The van der Waals surface area contributed by atoms with Gasteiger partial charge < -0.3 is 5.11 Å². The van der Waals surface area contributed by atoms with Gasteiger partial charge in [-0.1, -0.05) is 19.1 Å². The molecular formula is C10H12BrNO4S. The standard InChI is InChI=1S/C10H12BrNO4S/c1-2-8(10(13)14)12-17(15,16)9-6-4-3-5-7(9)11/h3-6,8,12H,2H2,1H3,(H,13,14)/t8-/m1/s1. The van der Waals surface area contributed by atoms with Crippen LogP contribution >= 0.6 is 15.9 Å². The van der Waals surface area contributed by atoms with Gasteiger partial charge in [0, 0.05) is 4.47 Å². The second-order valence-corrected chi connectivity index (χ2v) is 5.89. The molecule has 1 rings (SSSR count). The van der Waals surface area contributed by atoms with E-state index in [4.69, 9.17) is 5.11 Å². The number of nitrogens with one attached hydrogen (secondary N) is 1. The van der Waals surface area contributed by atoms with Crippen LogP contribution in [0, 0.1) is 0 Å². The first-order chi connectivity index (χ1) is 7.88. The zero-order valence-electron chi connectivity index (χ0n) is 9.05. The van der Waals surface area contributed by atoms with Gasteiger partial charge in [0.15, 0.2) is 0 Å². The van der Waals surface area contributed by atoms with Crippen molar-refractivity contribution in [3.8, 4) is 0 Å². The SMILES string of the molecule is CC[C@@H](NS(=O)(=O)c1ccccc1Br)C(=O)O. The Morgan fingerprint density at radius 1 is 1.47 bits per heavy atom. The number of rotatable bonds is 5. The number of halogens is 1. The average Bonchev–Trinajstić information content (AvgIpc) is 2.26. The maximum atomic E-state index is 11.9. The highest BCUT2D eigenvalue weighted by Gasteiger charge is 2.24. The molecule has 5 nitrogen and oxygen atoms in total. The lowest BCUT2D eigenvalue weighted by Gasteiger charge is -2.13. The Hall–Kier alpha value is -0.920. The molecule has 2 N–H and O–H groups in total. The predicted molar refractivity (Wildman–Crippen MR) is 66.2 cm³/mol. The van der Waals surface area contributed by atoms with E-state index in [0.29, 0.717) is 4.47 Å². The van der Waals surface area contributed by atoms with Crippen LogP contribution in [0.5, 0.6) is 0 Å². The van der Waals surface area contributed by atoms with Gasteiger partial charge in [-0.2, -0.15) is 4.72 Å². The van der Waals surface area contributed by atoms with Gasteiger partial charge in [0.2, 0.25) is 10.0 Å². The Balaban J connectivity index is 3.05. The number of aliphatic carboxylic acids is 1. The first-order valence-corrected chi connectivity index (χ1v) is 7.15. The molecule has 0 aliphatic rings. The molecule has 1 atom stereocenters. The third-order valence-corrected chi connectivity index (χ3v) is 4.61. The van der Waals surface area contributed by atoms with Crippen LogP contribution in [-0.4, -0.2) is 25.5 Å². The number of hydrogen-bond acceptors (Lipinski definition) is 3. The second-order valence-electron chi connectivity index (χ2n) is 3.35. The van der Waals surface area contributed by atoms with Crippen molar-refractivity contribution in [3.63, 3.8) is 0 Å². The third-order valence-electron chi connectivity index (χ3n) is 2.13. The summed E-state index contributed by atoms with van der Waals surface area (Å²) in [6, 6.07) is 5.11. The molecule has 0 radical (unpaired) electrons. The molecule has 0 spiro atoms. The Kier molecular flexibility index (Phi) is 4.67. The van der Waals surface area contributed by atoms with Crippen molar-refractivity contribution < 1.29 is 18.3 Å². The maximum absolute atomic E-state index is 11.9. The van der Waals surface area contributed by atoms with Gasteiger partial charge >= 0.3 is 5.97 Å². The fraction of sp³-hybridized carbons (Fsp3) is 0.300. The lowest BCUT2D eigenvalue weighted by Crippen LogP contribution is -2.40. The summed E-state index contributed by atoms with van der Waals surface area (Å²) in [6.07, 6.45) is 0.180. The molecule has 0 aromatic heterocycles. The lowest BCUT2D eigenvalue weighted by molar-refractivity contribution is -0.139. The summed E-state index contributed by atoms with van der Waals surface area (Å²) in [7, 11) is -3.82. The zero-order chi connectivity index (χ0) is 13.1. The number of carboxylic acid groups (broad SMARTS) is 1. The molecule has 1 aromatic carbocycles. The number of benzene rings is 1. The van der Waals surface area contributed by atoms with E-state index in [1.165, 1.54) is 6.07 Å². The topological polar surface area (TPSA) is 83.5 Å². The van der Waals surface area contributed by atoms with Crippen LogP contribution in [0.4, 0.5) is 0 Å². The minimum atomic E-state index is -3.82. The van der Waals surface area contributed by atoms with Crippen LogP contribution in [-0.2, 0) is 14.8 Å². The molecule has 0 unspecified atom stereocenters. The number of carboxylic acids is 1. The number of hydrogen-bond donors (Lipinski definition) is 2. The van der Waals surface area contributed by atoms with Crippen molar-refractivity contribution in [2.24, 2.45) is 0 Å². The summed E-state index contributed by atoms with van der Waals surface area (Å²) in [4.78, 5) is 10.8. The molecule has 0 amide bonds. The van der Waals surface area contributed by atoms with Crippen LogP contribution in [0.15, 0.2) is 33.6 Å². The van der Waals surface area contributed by atoms with E-state index in [1.54, 1.807) is 25.1 Å². The molecule has 0 aliphatic carbocycles. The maximum Gasteiger partial charge on any atom is 0.321 e. The van der Waals surface area contributed by atoms with E-state index < -0.39 is 22.0 Å². The smallest absolute Gasteiger partial charge is 0.321 e. The Bertz CT molecular complexity index is 515. The first kappa shape index (κ1) is 14.1. The summed E-state index contributed by atoms with van der Waals surface area (Å²) < 4.78 is 26.4. The largest absolute Gasteiger partial charge is 0.480 e. The molecular weight excluding hydrogens is 310 g/mol. The highest BCUT2D eigenvalue weighted by molar-refractivity contribution is 9.10. The van der Waals surface area contributed by atoms with Crippen molar-refractivity contribution in [2.75, 3.05) is 0 Å². The lowest BCUT2D eigenvalue weighted by atomic mass is 10.2. The van der Waals surface area contributed by atoms with E-state index in [2.05, 4.69) is 20.7 Å². The summed E-state index contributed by atoms with van der Waals surface area (Å²) in [6.45, 7) is 1.60. The minimum absolute atomic E-state index is 0.0275. The summed E-state index contributed by atoms with van der Waals surface area (Å²) >= 11 is 3.11. The average molecular weight is 322 g/mol. The predicted octanol–water partition coefficient (Wildman–Crippen LogP) is 1.59. The molecule has 0 saturated heterocycles. The third kappa shape index (κ3) is 3.52. The van der Waals surface area contributed by atoms with Crippen molar-refractivity contribution in [3.05, 3.63) is 28.7 Å². The zero-order valence-corrected chi connectivity index (χ0v) is 11.5. The van der Waals surface area contributed by atoms with Crippen LogP contribution in [0.25, 0.3) is 0 Å². The molecule has 17 heavy (non-hydrogen) atoms. The highest BCUT2D eigenvalue weighted by atomic mass is 79.9. The quantitative estimate of drug-likeness (QED) is 0.862. The van der Waals surface area contributed by atoms with Crippen molar-refractivity contribution >= 4 is 31.9 Å². The van der Waals surface area contributed by atoms with E-state index in [1.807, 2.05) is 0 Å². The molecule has 0 heterocycles. The van der Waals surface area contributed by atoms with Crippen molar-refractivity contribution in [2.45, 2.75) is 24.3 Å². The number of sulfonamides is 1. The summed E-state index contributed by atoms with van der Waals surface area (Å²) in [5, 5.41) is 8.81. The van der Waals surface area contributed by atoms with Gasteiger partial charge in [-0.3, -0.25) is 4.79 Å². The van der Waals surface area contributed by atoms with Gasteiger partial charge in [0.25, 0.3) is 0 Å². The Labute approximate surface area is 108 Å². The normalized spacial score (nSPS) is 13.3. The monoisotopic (exact) mass is 321 g/mol. The van der Waals surface area contributed by atoms with Crippen LogP contribution < -0.4 is 4.72 Å². The first-order valence-electron chi connectivity index (χ1n) is 4.88. The van der Waals surface area contributed by atoms with E-state index in [-0.39, 0.29) is 11.3 Å². The van der Waals surface area contributed by atoms with Gasteiger partial charge in [0.05, 0.1) is 4.90 Å². The fourth-order valence-electron chi connectivity index (χ4n) is 1.22. The second kappa shape index (κ2) is 5.61. The van der Waals surface area contributed by atoms with E-state index in [0.717, 1.165) is 0 Å². The molecule has 7 heteroatoms. The van der Waals surface area contributed by atoms with Crippen LogP contribution in [0.2, 0.25) is 0 Å². The summed E-state index contributed by atoms with van der Waals surface area (Å²) in [5.74, 6) is -1.19. The van der Waals surface area contributed by atoms with Gasteiger partial charge in [-0.25, -0.2) is 8.42 Å². The molecule has 0 saturated carbocycles. The molecule has 0 fully saturated rings. The van der Waals surface area contributed by atoms with Gasteiger partial charge in [0.1, 0.15) is 6.04 Å². The van der Waals surface area contributed by atoms with Gasteiger partial charge in [-0.15, -0.1) is 0 Å². The minimum Gasteiger partial charge on any atom is -0.480 e. The Morgan fingerprint density at radius 3 is 2.53 bits per heavy atom. The molecule has 0 aliphatic heterocycles. The Morgan fingerprint density at radius 2 is 2.06 bits per heavy atom. The number of carbonyl (C=O) groups is 1. The van der Waals surface area contributed by atoms with Crippen LogP contribution in [0.1, 0.15) is 13.3 Å². The van der Waals surface area contributed by atoms with E-state index in [9.17, 15) is 13.2 Å². The summed E-state index contributed by atoms with van der Waals surface area (Å²) in [5.41, 5.74) is 0. The van der Waals surface area contributed by atoms with Crippen molar-refractivity contribution in [1.82, 2.24) is 4.72 Å². The molecule has 0 bridgehead atoms. The molecule has 1 aromatic rings. The fourth-order valence-corrected chi connectivity index (χ4v) is 3.50. The van der Waals surface area contributed by atoms with Crippen molar-refractivity contribution in [1.29, 1.82) is 0 Å². The highest BCUT2D eigenvalue weighted by Crippen LogP contribution is 2.21. The van der Waals surface area contributed by atoms with E-state index >= 15 is 0 Å².